The van der Waals surface area contributed by atoms with Crippen LogP contribution in [0.25, 0.3) is 0 Å². The van der Waals surface area contributed by atoms with Crippen LogP contribution in [0.15, 0.2) is 0 Å². The molecule has 0 aromatic heterocycles. The monoisotopic (exact) mass is 442 g/mol. The number of rotatable bonds is 14. The highest BCUT2D eigenvalue weighted by atomic mass is 16.6. The minimum Gasteiger partial charge on any atom is -0.463 e. The van der Waals surface area contributed by atoms with E-state index in [2.05, 4.69) is 41.5 Å². The summed E-state index contributed by atoms with van der Waals surface area (Å²) in [5.74, 6) is -0.123. The molecule has 184 valence electrons. The van der Waals surface area contributed by atoms with E-state index >= 15 is 0 Å². The SMILES string of the molecule is CC(C)OCCCCCC(=O)C(C)(C)OCCOC(=O)C(C)(CC(C)(C)C)C(C)(C)C. The maximum Gasteiger partial charge on any atom is 0.312 e. The topological polar surface area (TPSA) is 61.8 Å². The first-order chi connectivity index (χ1) is 13.9. The Morgan fingerprint density at radius 1 is 0.774 bits per heavy atom. The third kappa shape index (κ3) is 11.5. The number of ether oxygens (including phenoxy) is 3. The van der Waals surface area contributed by atoms with Gasteiger partial charge in [0.2, 0.25) is 0 Å². The number of unbranched alkanes of at least 4 members (excludes halogenated alkanes) is 2. The fourth-order valence-corrected chi connectivity index (χ4v) is 3.56. The Morgan fingerprint density at radius 3 is 1.84 bits per heavy atom. The molecule has 31 heavy (non-hydrogen) atoms. The van der Waals surface area contributed by atoms with E-state index in [9.17, 15) is 9.59 Å². The Hall–Kier alpha value is -0.940. The molecule has 0 bridgehead atoms. The molecular formula is C26H50O5. The first kappa shape index (κ1) is 30.1. The Bertz CT molecular complexity index is 551. The van der Waals surface area contributed by atoms with Crippen molar-refractivity contribution in [2.45, 2.75) is 120 Å². The second kappa shape index (κ2) is 12.3. The van der Waals surface area contributed by atoms with Gasteiger partial charge in [0.15, 0.2) is 5.78 Å². The minimum atomic E-state index is -0.875. The second-order valence-electron chi connectivity index (χ2n) is 12.0. The molecule has 0 aliphatic carbocycles. The van der Waals surface area contributed by atoms with E-state index < -0.39 is 11.0 Å². The molecule has 0 N–H and O–H groups in total. The van der Waals surface area contributed by atoms with Crippen LogP contribution < -0.4 is 0 Å². The van der Waals surface area contributed by atoms with Crippen molar-refractivity contribution in [1.82, 2.24) is 0 Å². The molecule has 0 aromatic carbocycles. The van der Waals surface area contributed by atoms with Gasteiger partial charge in [-0.3, -0.25) is 9.59 Å². The molecule has 0 rings (SSSR count). The van der Waals surface area contributed by atoms with Crippen molar-refractivity contribution in [3.8, 4) is 0 Å². The lowest BCUT2D eigenvalue weighted by Crippen LogP contribution is -2.44. The van der Waals surface area contributed by atoms with E-state index in [0.29, 0.717) is 6.42 Å². The molecule has 0 amide bonds. The second-order valence-corrected chi connectivity index (χ2v) is 12.0. The standard InChI is InChI=1S/C26H50O5/c1-20(2)29-16-14-12-13-15-21(27)25(9,10)31-18-17-30-22(28)26(11,24(6,7)8)19-23(3,4)5/h20H,12-19H2,1-11H3. The van der Waals surface area contributed by atoms with Gasteiger partial charge < -0.3 is 14.2 Å². The average molecular weight is 443 g/mol. The lowest BCUT2D eigenvalue weighted by atomic mass is 9.61. The molecule has 5 nitrogen and oxygen atoms in total. The van der Waals surface area contributed by atoms with Crippen molar-refractivity contribution in [2.75, 3.05) is 19.8 Å². The number of esters is 1. The molecule has 0 aromatic rings. The fourth-order valence-electron chi connectivity index (χ4n) is 3.56. The summed E-state index contributed by atoms with van der Waals surface area (Å²) in [7, 11) is 0. The van der Waals surface area contributed by atoms with Crippen LogP contribution in [0.2, 0.25) is 0 Å². The zero-order valence-corrected chi connectivity index (χ0v) is 22.3. The highest BCUT2D eigenvalue weighted by Crippen LogP contribution is 2.47. The van der Waals surface area contributed by atoms with Gasteiger partial charge in [0.25, 0.3) is 0 Å². The predicted octanol–water partition coefficient (Wildman–Crippen LogP) is 6.37. The van der Waals surface area contributed by atoms with Gasteiger partial charge in [-0.15, -0.1) is 0 Å². The maximum atomic E-state index is 13.0. The summed E-state index contributed by atoms with van der Waals surface area (Å²) < 4.78 is 16.9. The van der Waals surface area contributed by atoms with Gasteiger partial charge in [0, 0.05) is 13.0 Å². The fraction of sp³-hybridized carbons (Fsp3) is 0.923. The minimum absolute atomic E-state index is 0.00682. The van der Waals surface area contributed by atoms with Crippen LogP contribution >= 0.6 is 0 Å². The van der Waals surface area contributed by atoms with Gasteiger partial charge in [-0.05, 0) is 64.7 Å². The zero-order valence-electron chi connectivity index (χ0n) is 22.3. The molecule has 0 saturated heterocycles. The van der Waals surface area contributed by atoms with Crippen LogP contribution in [-0.2, 0) is 23.8 Å². The summed E-state index contributed by atoms with van der Waals surface area (Å²) >= 11 is 0. The molecule has 1 unspecified atom stereocenters. The predicted molar refractivity (Wildman–Crippen MR) is 127 cm³/mol. The molecule has 1 atom stereocenters. The van der Waals surface area contributed by atoms with Crippen molar-refractivity contribution < 1.29 is 23.8 Å². The lowest BCUT2D eigenvalue weighted by molar-refractivity contribution is -0.168. The molecule has 0 fully saturated rings. The van der Waals surface area contributed by atoms with Gasteiger partial charge >= 0.3 is 5.97 Å². The van der Waals surface area contributed by atoms with E-state index in [1.165, 1.54) is 0 Å². The van der Waals surface area contributed by atoms with Gasteiger partial charge in [-0.1, -0.05) is 48.0 Å². The molecule has 0 radical (unpaired) electrons. The number of carbonyl (C=O) groups is 2. The highest BCUT2D eigenvalue weighted by Gasteiger charge is 2.47. The summed E-state index contributed by atoms with van der Waals surface area (Å²) in [6.45, 7) is 23.4. The van der Waals surface area contributed by atoms with Crippen LogP contribution in [0.4, 0.5) is 0 Å². The van der Waals surface area contributed by atoms with Crippen LogP contribution in [-0.4, -0.2) is 43.3 Å². The quantitative estimate of drug-likeness (QED) is 0.231. The Labute approximate surface area is 192 Å². The normalized spacial score (nSPS) is 15.1. The van der Waals surface area contributed by atoms with E-state index in [4.69, 9.17) is 14.2 Å². The van der Waals surface area contributed by atoms with Crippen LogP contribution in [0.1, 0.15) is 108 Å². The third-order valence-electron chi connectivity index (χ3n) is 5.94. The van der Waals surface area contributed by atoms with Crippen LogP contribution in [0.5, 0.6) is 0 Å². The number of carbonyl (C=O) groups excluding carboxylic acids is 2. The maximum absolute atomic E-state index is 13.0. The van der Waals surface area contributed by atoms with Crippen molar-refractivity contribution >= 4 is 11.8 Å². The van der Waals surface area contributed by atoms with E-state index in [1.54, 1.807) is 13.8 Å². The number of ketones is 1. The molecule has 0 aliphatic heterocycles. The smallest absolute Gasteiger partial charge is 0.312 e. The first-order valence-corrected chi connectivity index (χ1v) is 11.9. The first-order valence-electron chi connectivity index (χ1n) is 11.9. The van der Waals surface area contributed by atoms with E-state index in [1.807, 2.05) is 20.8 Å². The molecule has 0 heterocycles. The molecular weight excluding hydrogens is 392 g/mol. The van der Waals surface area contributed by atoms with Crippen molar-refractivity contribution in [3.63, 3.8) is 0 Å². The van der Waals surface area contributed by atoms with Gasteiger partial charge in [-0.2, -0.15) is 0 Å². The number of hydrogen-bond donors (Lipinski definition) is 0. The van der Waals surface area contributed by atoms with E-state index in [-0.39, 0.29) is 41.9 Å². The van der Waals surface area contributed by atoms with Crippen molar-refractivity contribution in [1.29, 1.82) is 0 Å². The average Bonchev–Trinajstić information content (AvgIpc) is 2.58. The van der Waals surface area contributed by atoms with Gasteiger partial charge in [-0.25, -0.2) is 0 Å². The lowest BCUT2D eigenvalue weighted by Gasteiger charge is -2.43. The van der Waals surface area contributed by atoms with Crippen LogP contribution in [0.3, 0.4) is 0 Å². The van der Waals surface area contributed by atoms with E-state index in [0.717, 1.165) is 32.3 Å². The Balaban J connectivity index is 4.49. The van der Waals surface area contributed by atoms with Crippen LogP contribution in [0, 0.1) is 16.2 Å². The highest BCUT2D eigenvalue weighted by molar-refractivity contribution is 5.86. The molecule has 0 aliphatic rings. The summed E-state index contributed by atoms with van der Waals surface area (Å²) in [4.78, 5) is 25.5. The van der Waals surface area contributed by atoms with Crippen molar-refractivity contribution in [3.05, 3.63) is 0 Å². The summed E-state index contributed by atoms with van der Waals surface area (Å²) in [5, 5.41) is 0. The Morgan fingerprint density at radius 2 is 1.35 bits per heavy atom. The number of hydrogen-bond acceptors (Lipinski definition) is 5. The summed E-state index contributed by atoms with van der Waals surface area (Å²) in [5.41, 5.74) is -1.70. The Kier molecular flexibility index (Phi) is 12.0. The third-order valence-corrected chi connectivity index (χ3v) is 5.94. The molecule has 0 spiro atoms. The largest absolute Gasteiger partial charge is 0.463 e. The molecule has 5 heteroatoms. The summed E-state index contributed by atoms with van der Waals surface area (Å²) in [6, 6.07) is 0. The number of Topliss-reactive ketones (excluding diaryl/α,β-unsaturated/α-hetero) is 1. The van der Waals surface area contributed by atoms with Gasteiger partial charge in [0.1, 0.15) is 12.2 Å². The zero-order chi connectivity index (χ0) is 24.5. The van der Waals surface area contributed by atoms with Gasteiger partial charge in [0.05, 0.1) is 18.1 Å². The molecule has 0 saturated carbocycles. The van der Waals surface area contributed by atoms with Crippen molar-refractivity contribution in [2.24, 2.45) is 16.2 Å². The summed E-state index contributed by atoms with van der Waals surface area (Å²) in [6.07, 6.45) is 4.23.